The molecule has 1 aliphatic rings. The third-order valence-corrected chi connectivity index (χ3v) is 4.13. The summed E-state index contributed by atoms with van der Waals surface area (Å²) >= 11 is 2.41. The molecule has 0 aromatic rings. The average molecular weight is 302 g/mol. The van der Waals surface area contributed by atoms with Gasteiger partial charge in [-0.2, -0.15) is 0 Å². The van der Waals surface area contributed by atoms with E-state index in [2.05, 4.69) is 4.74 Å². The van der Waals surface area contributed by atoms with Crippen molar-refractivity contribution in [2.75, 3.05) is 7.11 Å². The summed E-state index contributed by atoms with van der Waals surface area (Å²) in [6.07, 6.45) is 0. The molecule has 0 aliphatic carbocycles. The Hall–Kier alpha value is -1.21. The third-order valence-electron chi connectivity index (χ3n) is 2.00. The SMILES string of the molecule is COC(=O)C(C(=O)OC(=O)C(C)(C)C)=C1SC=CS1. The first-order valence-electron chi connectivity index (χ1n) is 5.35. The van der Waals surface area contributed by atoms with E-state index in [9.17, 15) is 14.4 Å². The number of hydrogen-bond donors (Lipinski definition) is 0. The molecule has 5 nitrogen and oxygen atoms in total. The van der Waals surface area contributed by atoms with Crippen LogP contribution in [0.1, 0.15) is 20.8 Å². The van der Waals surface area contributed by atoms with E-state index in [0.29, 0.717) is 4.24 Å². The lowest BCUT2D eigenvalue weighted by atomic mass is 9.97. The highest BCUT2D eigenvalue weighted by Gasteiger charge is 2.32. The Labute approximate surface area is 119 Å². The minimum Gasteiger partial charge on any atom is -0.465 e. The van der Waals surface area contributed by atoms with Gasteiger partial charge < -0.3 is 9.47 Å². The number of carbonyl (C=O) groups is 3. The van der Waals surface area contributed by atoms with Crippen LogP contribution in [0.15, 0.2) is 20.6 Å². The molecule has 0 saturated carbocycles. The molecule has 1 rings (SSSR count). The van der Waals surface area contributed by atoms with E-state index in [1.807, 2.05) is 0 Å². The first-order valence-corrected chi connectivity index (χ1v) is 7.11. The van der Waals surface area contributed by atoms with E-state index in [4.69, 9.17) is 4.74 Å². The van der Waals surface area contributed by atoms with Gasteiger partial charge in [-0.05, 0) is 31.6 Å². The topological polar surface area (TPSA) is 69.7 Å². The standard InChI is InChI=1S/C12H14O5S2/c1-12(2,3)11(15)17-9(14)7(8(13)16-4)10-18-5-6-19-10/h5-6H,1-4H3. The van der Waals surface area contributed by atoms with E-state index in [0.717, 1.165) is 0 Å². The molecule has 0 radical (unpaired) electrons. The molecule has 0 atom stereocenters. The Balaban J connectivity index is 2.95. The Bertz CT molecular complexity index is 461. The molecule has 0 bridgehead atoms. The fraction of sp³-hybridized carbons (Fsp3) is 0.417. The van der Waals surface area contributed by atoms with E-state index in [1.165, 1.54) is 30.6 Å². The number of esters is 3. The summed E-state index contributed by atoms with van der Waals surface area (Å²) in [6, 6.07) is 0. The predicted octanol–water partition coefficient (Wildman–Crippen LogP) is 2.44. The number of methoxy groups -OCH3 is 1. The van der Waals surface area contributed by atoms with Gasteiger partial charge in [0.05, 0.1) is 16.8 Å². The summed E-state index contributed by atoms with van der Waals surface area (Å²) < 4.78 is 9.71. The summed E-state index contributed by atoms with van der Waals surface area (Å²) in [6.45, 7) is 4.86. The second-order valence-corrected chi connectivity index (χ2v) is 6.68. The van der Waals surface area contributed by atoms with Gasteiger partial charge in [-0.25, -0.2) is 9.59 Å². The molecule has 1 aliphatic heterocycles. The van der Waals surface area contributed by atoms with Crippen molar-refractivity contribution in [3.8, 4) is 0 Å². The summed E-state index contributed by atoms with van der Waals surface area (Å²) in [4.78, 5) is 35.2. The van der Waals surface area contributed by atoms with E-state index in [1.54, 1.807) is 31.6 Å². The zero-order valence-electron chi connectivity index (χ0n) is 11.0. The zero-order valence-corrected chi connectivity index (χ0v) is 12.6. The van der Waals surface area contributed by atoms with Crippen LogP contribution >= 0.6 is 23.5 Å². The van der Waals surface area contributed by atoms with Gasteiger partial charge in [0, 0.05) is 0 Å². The quantitative estimate of drug-likeness (QED) is 0.336. The van der Waals surface area contributed by atoms with E-state index >= 15 is 0 Å². The molecule has 0 unspecified atom stereocenters. The predicted molar refractivity (Wildman–Crippen MR) is 73.9 cm³/mol. The monoisotopic (exact) mass is 302 g/mol. The van der Waals surface area contributed by atoms with Crippen molar-refractivity contribution >= 4 is 41.4 Å². The van der Waals surface area contributed by atoms with E-state index in [-0.39, 0.29) is 5.57 Å². The maximum absolute atomic E-state index is 11.9. The highest BCUT2D eigenvalue weighted by molar-refractivity contribution is 8.27. The molecule has 0 spiro atoms. The van der Waals surface area contributed by atoms with Crippen LogP contribution in [-0.4, -0.2) is 25.0 Å². The molecule has 104 valence electrons. The van der Waals surface area contributed by atoms with Crippen LogP contribution in [0.2, 0.25) is 0 Å². The number of carbonyl (C=O) groups excluding carboxylic acids is 3. The van der Waals surface area contributed by atoms with Gasteiger partial charge in [-0.15, -0.1) is 0 Å². The van der Waals surface area contributed by atoms with Crippen LogP contribution in [0.25, 0.3) is 0 Å². The summed E-state index contributed by atoms with van der Waals surface area (Å²) in [7, 11) is 1.17. The second kappa shape index (κ2) is 6.29. The summed E-state index contributed by atoms with van der Waals surface area (Å²) in [5.74, 6) is -2.49. The molecular weight excluding hydrogens is 288 g/mol. The zero-order chi connectivity index (χ0) is 14.6. The van der Waals surface area contributed by atoms with Gasteiger partial charge in [-0.3, -0.25) is 4.79 Å². The van der Waals surface area contributed by atoms with Crippen molar-refractivity contribution in [3.63, 3.8) is 0 Å². The smallest absolute Gasteiger partial charge is 0.354 e. The Kier molecular flexibility index (Phi) is 5.25. The van der Waals surface area contributed by atoms with Crippen molar-refractivity contribution in [1.82, 2.24) is 0 Å². The summed E-state index contributed by atoms with van der Waals surface area (Å²) in [5.41, 5.74) is -1.07. The third kappa shape index (κ3) is 4.14. The lowest BCUT2D eigenvalue weighted by Gasteiger charge is -2.16. The number of rotatable bonds is 2. The van der Waals surface area contributed by atoms with Gasteiger partial charge in [0.2, 0.25) is 0 Å². The number of thioether (sulfide) groups is 2. The van der Waals surface area contributed by atoms with Crippen LogP contribution in [0.5, 0.6) is 0 Å². The number of hydrogen-bond acceptors (Lipinski definition) is 7. The minimum absolute atomic E-state index is 0.250. The van der Waals surface area contributed by atoms with Gasteiger partial charge >= 0.3 is 17.9 Å². The van der Waals surface area contributed by atoms with Crippen molar-refractivity contribution in [3.05, 3.63) is 20.6 Å². The van der Waals surface area contributed by atoms with Gasteiger partial charge in [0.25, 0.3) is 0 Å². The molecule has 0 aromatic carbocycles. The Morgan fingerprint density at radius 2 is 1.58 bits per heavy atom. The lowest BCUT2D eigenvalue weighted by Crippen LogP contribution is -2.28. The summed E-state index contributed by atoms with van der Waals surface area (Å²) in [5, 5.41) is 3.45. The largest absolute Gasteiger partial charge is 0.465 e. The normalized spacial score (nSPS) is 14.2. The molecular formula is C12H14O5S2. The maximum Gasteiger partial charge on any atom is 0.354 e. The van der Waals surface area contributed by atoms with Gasteiger partial charge in [0.15, 0.2) is 5.57 Å². The number of ether oxygens (including phenoxy) is 2. The van der Waals surface area contributed by atoms with E-state index < -0.39 is 23.3 Å². The molecule has 1 heterocycles. The van der Waals surface area contributed by atoms with Gasteiger partial charge in [0.1, 0.15) is 0 Å². The minimum atomic E-state index is -0.981. The first kappa shape index (κ1) is 15.8. The van der Waals surface area contributed by atoms with Crippen LogP contribution in [0.3, 0.4) is 0 Å². The Morgan fingerprint density at radius 3 is 2.00 bits per heavy atom. The molecule has 0 fully saturated rings. The fourth-order valence-electron chi connectivity index (χ4n) is 0.965. The van der Waals surface area contributed by atoms with Crippen molar-refractivity contribution < 1.29 is 23.9 Å². The first-order chi connectivity index (χ1) is 8.77. The van der Waals surface area contributed by atoms with Crippen LogP contribution < -0.4 is 0 Å². The molecule has 0 saturated heterocycles. The fourth-order valence-corrected chi connectivity index (χ4v) is 2.78. The lowest BCUT2D eigenvalue weighted by molar-refractivity contribution is -0.164. The molecule has 0 amide bonds. The highest BCUT2D eigenvalue weighted by Crippen LogP contribution is 2.40. The molecule has 0 aromatic heterocycles. The highest BCUT2D eigenvalue weighted by atomic mass is 32.2. The molecule has 0 N–H and O–H groups in total. The maximum atomic E-state index is 11.9. The Morgan fingerprint density at radius 1 is 1.05 bits per heavy atom. The van der Waals surface area contributed by atoms with Crippen molar-refractivity contribution in [1.29, 1.82) is 0 Å². The van der Waals surface area contributed by atoms with Crippen LogP contribution in [0.4, 0.5) is 0 Å². The average Bonchev–Trinajstić information content (AvgIpc) is 2.81. The van der Waals surface area contributed by atoms with Crippen molar-refractivity contribution in [2.45, 2.75) is 20.8 Å². The van der Waals surface area contributed by atoms with Crippen molar-refractivity contribution in [2.24, 2.45) is 5.41 Å². The van der Waals surface area contributed by atoms with Crippen LogP contribution in [0, 0.1) is 5.41 Å². The molecule has 19 heavy (non-hydrogen) atoms. The second-order valence-electron chi connectivity index (χ2n) is 4.59. The van der Waals surface area contributed by atoms with Crippen LogP contribution in [-0.2, 0) is 23.9 Å². The van der Waals surface area contributed by atoms with Gasteiger partial charge in [-0.1, -0.05) is 23.5 Å². The molecule has 7 heteroatoms.